The molecule has 1 unspecified atom stereocenters. The Morgan fingerprint density at radius 2 is 1.83 bits per heavy atom. The molecule has 0 saturated heterocycles. The van der Waals surface area contributed by atoms with Gasteiger partial charge in [-0.15, -0.1) is 0 Å². The zero-order valence-corrected chi connectivity index (χ0v) is 17.1. The molecule has 0 aliphatic heterocycles. The molecule has 0 heterocycles. The van der Waals surface area contributed by atoms with E-state index in [1.54, 1.807) is 26.0 Å². The van der Waals surface area contributed by atoms with Crippen LogP contribution in [0, 0.1) is 5.92 Å². The summed E-state index contributed by atoms with van der Waals surface area (Å²) < 4.78 is 10.6. The lowest BCUT2D eigenvalue weighted by molar-refractivity contribution is -0.139. The van der Waals surface area contributed by atoms with Crippen molar-refractivity contribution < 1.29 is 24.2 Å². The van der Waals surface area contributed by atoms with E-state index in [1.165, 1.54) is 25.5 Å². The molecule has 0 aliphatic carbocycles. The van der Waals surface area contributed by atoms with Gasteiger partial charge in [-0.25, -0.2) is 9.59 Å². The predicted molar refractivity (Wildman–Crippen MR) is 113 cm³/mol. The van der Waals surface area contributed by atoms with Crippen molar-refractivity contribution in [1.29, 1.82) is 0 Å². The number of aliphatic imine (C=N–C) groups is 1. The minimum atomic E-state index is -1.01. The van der Waals surface area contributed by atoms with Crippen LogP contribution in [-0.4, -0.2) is 36.4 Å². The minimum absolute atomic E-state index is 0.0765. The van der Waals surface area contributed by atoms with Gasteiger partial charge in [0.15, 0.2) is 11.5 Å². The summed E-state index contributed by atoms with van der Waals surface area (Å²) in [6.45, 7) is 3.55. The number of benzene rings is 2. The Bertz CT molecular complexity index is 922. The molecule has 0 spiro atoms. The van der Waals surface area contributed by atoms with Gasteiger partial charge in [0, 0.05) is 12.3 Å². The quantitative estimate of drug-likeness (QED) is 0.297. The molecule has 0 saturated carbocycles. The Morgan fingerprint density at radius 3 is 2.41 bits per heavy atom. The van der Waals surface area contributed by atoms with Gasteiger partial charge < -0.3 is 14.6 Å². The molecule has 2 aromatic rings. The van der Waals surface area contributed by atoms with E-state index < -0.39 is 18.0 Å². The highest BCUT2D eigenvalue weighted by atomic mass is 35.5. The molecule has 1 N–H and O–H groups in total. The van der Waals surface area contributed by atoms with Gasteiger partial charge in [-0.05, 0) is 35.3 Å². The average Bonchev–Trinajstić information content (AvgIpc) is 2.68. The molecule has 2 rings (SSSR count). The van der Waals surface area contributed by atoms with E-state index in [-0.39, 0.29) is 22.4 Å². The highest BCUT2D eigenvalue weighted by Gasteiger charge is 2.20. The Kier molecular flexibility index (Phi) is 7.98. The summed E-state index contributed by atoms with van der Waals surface area (Å²) in [5.41, 5.74) is 1.38. The number of nitrogens with zero attached hydrogens (tertiary/aromatic N) is 1. The summed E-state index contributed by atoms with van der Waals surface area (Å²) in [5.74, 6) is -1.48. The summed E-state index contributed by atoms with van der Waals surface area (Å²) in [5, 5.41) is 9.37. The van der Waals surface area contributed by atoms with Crippen molar-refractivity contribution in [3.63, 3.8) is 0 Å². The molecule has 0 aliphatic rings. The summed E-state index contributed by atoms with van der Waals surface area (Å²) in [4.78, 5) is 27.5. The summed E-state index contributed by atoms with van der Waals surface area (Å²) in [6, 6.07) is 11.5. The first kappa shape index (κ1) is 22.2. The Labute approximate surface area is 174 Å². The van der Waals surface area contributed by atoms with Crippen molar-refractivity contribution in [2.45, 2.75) is 19.9 Å². The van der Waals surface area contributed by atoms with E-state index in [0.29, 0.717) is 5.56 Å². The Balaban J connectivity index is 2.20. The molecule has 0 fully saturated rings. The van der Waals surface area contributed by atoms with Crippen LogP contribution in [0.3, 0.4) is 0 Å². The third kappa shape index (κ3) is 6.47. The van der Waals surface area contributed by atoms with Crippen molar-refractivity contribution in [2.75, 3.05) is 7.11 Å². The van der Waals surface area contributed by atoms with E-state index >= 15 is 0 Å². The summed E-state index contributed by atoms with van der Waals surface area (Å²) in [7, 11) is 1.41. The number of carboxylic acids is 1. The monoisotopic (exact) mass is 415 g/mol. The molecule has 0 bridgehead atoms. The number of hydrogen-bond donors (Lipinski definition) is 1. The van der Waals surface area contributed by atoms with E-state index in [1.807, 2.05) is 30.3 Å². The van der Waals surface area contributed by atoms with Gasteiger partial charge in [-0.2, -0.15) is 0 Å². The highest BCUT2D eigenvalue weighted by Crippen LogP contribution is 2.36. The normalized spacial score (nSPS) is 12.4. The van der Waals surface area contributed by atoms with Gasteiger partial charge in [0.25, 0.3) is 0 Å². The van der Waals surface area contributed by atoms with Crippen LogP contribution in [0.15, 0.2) is 53.5 Å². The summed E-state index contributed by atoms with van der Waals surface area (Å²) >= 11 is 6.26. The van der Waals surface area contributed by atoms with Gasteiger partial charge in [0.2, 0.25) is 0 Å². The fraction of sp³-hybridized carbons (Fsp3) is 0.227. The maximum atomic E-state index is 12.1. The van der Waals surface area contributed by atoms with Gasteiger partial charge in [-0.1, -0.05) is 55.8 Å². The lowest BCUT2D eigenvalue weighted by Gasteiger charge is -2.12. The lowest BCUT2D eigenvalue weighted by atomic mass is 10.1. The van der Waals surface area contributed by atoms with Crippen molar-refractivity contribution in [3.05, 3.63) is 64.7 Å². The van der Waals surface area contributed by atoms with Gasteiger partial charge >= 0.3 is 11.9 Å². The number of ether oxygens (including phenoxy) is 2. The molecule has 0 radical (unpaired) electrons. The van der Waals surface area contributed by atoms with Crippen molar-refractivity contribution >= 4 is 35.8 Å². The lowest BCUT2D eigenvalue weighted by Crippen LogP contribution is -2.24. The average molecular weight is 416 g/mol. The number of esters is 1. The number of carbonyl (C=O) groups is 2. The van der Waals surface area contributed by atoms with Crippen LogP contribution in [0.4, 0.5) is 0 Å². The van der Waals surface area contributed by atoms with Crippen LogP contribution in [-0.2, 0) is 9.59 Å². The van der Waals surface area contributed by atoms with Crippen LogP contribution >= 0.6 is 11.6 Å². The fourth-order valence-electron chi connectivity index (χ4n) is 2.46. The molecule has 152 valence electrons. The van der Waals surface area contributed by atoms with Gasteiger partial charge in [-0.3, -0.25) is 4.99 Å². The molecule has 29 heavy (non-hydrogen) atoms. The molecular formula is C22H22ClNO5. The number of rotatable bonds is 8. The number of halogens is 1. The maximum absolute atomic E-state index is 12.1. The second-order valence-corrected chi connectivity index (χ2v) is 6.91. The van der Waals surface area contributed by atoms with E-state index in [4.69, 9.17) is 21.1 Å². The van der Waals surface area contributed by atoms with Crippen LogP contribution in [0.25, 0.3) is 6.08 Å². The van der Waals surface area contributed by atoms with Crippen LogP contribution in [0.5, 0.6) is 11.5 Å². The molecule has 0 aromatic heterocycles. The van der Waals surface area contributed by atoms with Crippen LogP contribution in [0.1, 0.15) is 25.0 Å². The molecule has 2 aromatic carbocycles. The number of carboxylic acid groups (broad SMARTS) is 1. The SMILES string of the molecule is COc1cc(C=NC(C(=O)O)C(C)C)cc(Cl)c1OC(=O)/C=C/c1ccccc1. The Morgan fingerprint density at radius 1 is 1.14 bits per heavy atom. The summed E-state index contributed by atoms with van der Waals surface area (Å²) in [6.07, 6.45) is 4.33. The zero-order chi connectivity index (χ0) is 21.4. The topological polar surface area (TPSA) is 85.2 Å². The third-order valence-corrected chi connectivity index (χ3v) is 4.22. The smallest absolute Gasteiger partial charge is 0.336 e. The number of aliphatic carboxylic acids is 1. The van der Waals surface area contributed by atoms with E-state index in [0.717, 1.165) is 5.56 Å². The predicted octanol–water partition coefficient (Wildman–Crippen LogP) is 4.50. The maximum Gasteiger partial charge on any atom is 0.336 e. The molecule has 7 heteroatoms. The fourth-order valence-corrected chi connectivity index (χ4v) is 2.72. The molecule has 0 amide bonds. The largest absolute Gasteiger partial charge is 0.493 e. The first-order valence-electron chi connectivity index (χ1n) is 8.90. The number of carbonyl (C=O) groups excluding carboxylic acids is 1. The molecular weight excluding hydrogens is 394 g/mol. The van der Waals surface area contributed by atoms with Gasteiger partial charge in [0.1, 0.15) is 6.04 Å². The van der Waals surface area contributed by atoms with Crippen molar-refractivity contribution in [2.24, 2.45) is 10.9 Å². The standard InChI is InChI=1S/C22H22ClNO5/c1-14(2)20(22(26)27)24-13-16-11-17(23)21(18(12-16)28-3)29-19(25)10-9-15-7-5-4-6-8-15/h4-14,20H,1-3H3,(H,26,27)/b10-9+,24-13?. The number of hydrogen-bond acceptors (Lipinski definition) is 5. The van der Waals surface area contributed by atoms with E-state index in [2.05, 4.69) is 4.99 Å². The van der Waals surface area contributed by atoms with Crippen molar-refractivity contribution in [3.8, 4) is 11.5 Å². The van der Waals surface area contributed by atoms with Crippen molar-refractivity contribution in [1.82, 2.24) is 0 Å². The first-order valence-corrected chi connectivity index (χ1v) is 9.28. The number of methoxy groups -OCH3 is 1. The second-order valence-electron chi connectivity index (χ2n) is 6.50. The molecule has 6 nitrogen and oxygen atoms in total. The Hall–Kier alpha value is -3.12. The minimum Gasteiger partial charge on any atom is -0.493 e. The zero-order valence-electron chi connectivity index (χ0n) is 16.3. The van der Waals surface area contributed by atoms with E-state index in [9.17, 15) is 14.7 Å². The third-order valence-electron chi connectivity index (χ3n) is 3.93. The van der Waals surface area contributed by atoms with Crippen LogP contribution < -0.4 is 9.47 Å². The first-order chi connectivity index (χ1) is 13.8. The van der Waals surface area contributed by atoms with Crippen LogP contribution in [0.2, 0.25) is 5.02 Å². The highest BCUT2D eigenvalue weighted by molar-refractivity contribution is 6.32. The molecule has 1 atom stereocenters. The van der Waals surface area contributed by atoms with Gasteiger partial charge in [0.05, 0.1) is 12.1 Å². The second kappa shape index (κ2) is 10.4.